The van der Waals surface area contributed by atoms with Crippen molar-refractivity contribution in [2.24, 2.45) is 0 Å². The molecule has 1 aromatic carbocycles. The number of aromatic nitrogens is 1. The summed E-state index contributed by atoms with van der Waals surface area (Å²) in [7, 11) is 0. The fourth-order valence-electron chi connectivity index (χ4n) is 1.87. The summed E-state index contributed by atoms with van der Waals surface area (Å²) in [5.74, 6) is -0.335. The summed E-state index contributed by atoms with van der Waals surface area (Å²) in [6, 6.07) is 5.51. The number of thiazole rings is 1. The van der Waals surface area contributed by atoms with Crippen molar-refractivity contribution in [3.05, 3.63) is 56.0 Å². The number of benzene rings is 1. The Labute approximate surface area is 126 Å². The van der Waals surface area contributed by atoms with E-state index in [0.717, 1.165) is 10.7 Å². The summed E-state index contributed by atoms with van der Waals surface area (Å²) < 4.78 is 0. The number of nitro groups is 1. The Morgan fingerprint density at radius 2 is 2.29 bits per heavy atom. The third kappa shape index (κ3) is 3.63. The predicted octanol–water partition coefficient (Wildman–Crippen LogP) is 3.24. The van der Waals surface area contributed by atoms with E-state index in [1.165, 1.54) is 29.5 Å². The molecule has 2 aromatic rings. The molecule has 1 N–H and O–H groups in total. The van der Waals surface area contributed by atoms with E-state index in [0.29, 0.717) is 6.42 Å². The highest BCUT2D eigenvalue weighted by molar-refractivity contribution is 7.09. The molecule has 0 aliphatic rings. The van der Waals surface area contributed by atoms with Gasteiger partial charge in [0.05, 0.1) is 11.0 Å². The first-order valence-electron chi connectivity index (χ1n) is 6.48. The first-order chi connectivity index (χ1) is 10.0. The molecule has 1 atom stereocenters. The van der Waals surface area contributed by atoms with Crippen LogP contribution in [0.1, 0.15) is 40.4 Å². The molecule has 1 amide bonds. The summed E-state index contributed by atoms with van der Waals surface area (Å²) in [6.07, 6.45) is 0.702. The molecule has 1 heterocycles. The number of nitrogens with one attached hydrogen (secondary N) is 1. The molecule has 0 aliphatic heterocycles. The maximum Gasteiger partial charge on any atom is 0.270 e. The average Bonchev–Trinajstić information content (AvgIpc) is 2.91. The minimum absolute atomic E-state index is 0.0965. The number of aryl methyl sites for hydroxylation is 1. The van der Waals surface area contributed by atoms with Crippen LogP contribution in [-0.4, -0.2) is 15.8 Å². The van der Waals surface area contributed by atoms with E-state index in [1.54, 1.807) is 6.07 Å². The van der Waals surface area contributed by atoms with Crippen molar-refractivity contribution < 1.29 is 9.72 Å². The van der Waals surface area contributed by atoms with E-state index in [-0.39, 0.29) is 23.2 Å². The van der Waals surface area contributed by atoms with Gasteiger partial charge in [-0.1, -0.05) is 13.0 Å². The fourth-order valence-corrected chi connectivity index (χ4v) is 2.80. The van der Waals surface area contributed by atoms with Gasteiger partial charge in [0.25, 0.3) is 11.6 Å². The van der Waals surface area contributed by atoms with Crippen molar-refractivity contribution in [1.82, 2.24) is 10.3 Å². The van der Waals surface area contributed by atoms with Gasteiger partial charge in [-0.25, -0.2) is 4.98 Å². The molecule has 7 heteroatoms. The van der Waals surface area contributed by atoms with E-state index in [2.05, 4.69) is 10.3 Å². The van der Waals surface area contributed by atoms with Gasteiger partial charge in [-0.3, -0.25) is 14.9 Å². The lowest BCUT2D eigenvalue weighted by Gasteiger charge is -2.14. The standard InChI is InChI=1S/C14H15N3O3S/c1-3-12(14-15-9(2)8-21-14)16-13(18)10-5-4-6-11(7-10)17(19)20/h4-8,12H,3H2,1-2H3,(H,16,18)/t12-/m1/s1. The number of carbonyl (C=O) groups is 1. The highest BCUT2D eigenvalue weighted by Crippen LogP contribution is 2.22. The van der Waals surface area contributed by atoms with Gasteiger partial charge in [-0.05, 0) is 19.4 Å². The number of amides is 1. The number of non-ortho nitro benzene ring substituents is 1. The van der Waals surface area contributed by atoms with Gasteiger partial charge >= 0.3 is 0 Å². The molecule has 1 aromatic heterocycles. The van der Waals surface area contributed by atoms with Crippen LogP contribution in [0.25, 0.3) is 0 Å². The predicted molar refractivity (Wildman–Crippen MR) is 80.4 cm³/mol. The van der Waals surface area contributed by atoms with Crippen LogP contribution in [0.5, 0.6) is 0 Å². The van der Waals surface area contributed by atoms with Gasteiger partial charge < -0.3 is 5.32 Å². The van der Waals surface area contributed by atoms with Crippen LogP contribution in [-0.2, 0) is 0 Å². The third-order valence-electron chi connectivity index (χ3n) is 2.97. The van der Waals surface area contributed by atoms with Gasteiger partial charge in [0.15, 0.2) is 0 Å². The minimum Gasteiger partial charge on any atom is -0.343 e. The van der Waals surface area contributed by atoms with Crippen molar-refractivity contribution in [2.75, 3.05) is 0 Å². The summed E-state index contributed by atoms with van der Waals surface area (Å²) in [4.78, 5) is 26.8. The molecule has 6 nitrogen and oxygen atoms in total. The van der Waals surface area contributed by atoms with Crippen LogP contribution in [0, 0.1) is 17.0 Å². The zero-order chi connectivity index (χ0) is 15.4. The van der Waals surface area contributed by atoms with Crippen molar-refractivity contribution in [3.8, 4) is 0 Å². The zero-order valence-corrected chi connectivity index (χ0v) is 12.5. The smallest absolute Gasteiger partial charge is 0.270 e. The van der Waals surface area contributed by atoms with Crippen LogP contribution in [0.3, 0.4) is 0 Å². The lowest BCUT2D eigenvalue weighted by molar-refractivity contribution is -0.384. The number of nitrogens with zero attached hydrogens (tertiary/aromatic N) is 2. The Balaban J connectivity index is 2.16. The molecule has 0 unspecified atom stereocenters. The van der Waals surface area contributed by atoms with Gasteiger partial charge in [0.1, 0.15) is 5.01 Å². The quantitative estimate of drug-likeness (QED) is 0.678. The summed E-state index contributed by atoms with van der Waals surface area (Å²) >= 11 is 1.49. The van der Waals surface area contributed by atoms with E-state index < -0.39 is 4.92 Å². The maximum absolute atomic E-state index is 12.2. The van der Waals surface area contributed by atoms with E-state index in [9.17, 15) is 14.9 Å². The second-order valence-corrected chi connectivity index (χ2v) is 5.46. The van der Waals surface area contributed by atoms with Crippen LogP contribution >= 0.6 is 11.3 Å². The van der Waals surface area contributed by atoms with Gasteiger partial charge in [-0.2, -0.15) is 0 Å². The summed E-state index contributed by atoms with van der Waals surface area (Å²) in [6.45, 7) is 3.85. The van der Waals surface area contributed by atoms with Crippen molar-refractivity contribution in [3.63, 3.8) is 0 Å². The minimum atomic E-state index is -0.516. The second kappa shape index (κ2) is 6.45. The Morgan fingerprint density at radius 3 is 2.86 bits per heavy atom. The summed E-state index contributed by atoms with van der Waals surface area (Å²) in [5.41, 5.74) is 1.09. The topological polar surface area (TPSA) is 85.1 Å². The molecular formula is C14H15N3O3S. The number of carbonyl (C=O) groups excluding carboxylic acids is 1. The first kappa shape index (κ1) is 15.1. The van der Waals surface area contributed by atoms with E-state index in [4.69, 9.17) is 0 Å². The monoisotopic (exact) mass is 305 g/mol. The molecule has 0 saturated heterocycles. The van der Waals surface area contributed by atoms with Crippen molar-refractivity contribution >= 4 is 22.9 Å². The second-order valence-electron chi connectivity index (χ2n) is 4.57. The van der Waals surface area contributed by atoms with Crippen LogP contribution in [0.15, 0.2) is 29.6 Å². The molecule has 0 saturated carbocycles. The molecule has 2 rings (SSSR count). The SMILES string of the molecule is CC[C@@H](NC(=O)c1cccc([N+](=O)[O-])c1)c1nc(C)cs1. The molecule has 21 heavy (non-hydrogen) atoms. The highest BCUT2D eigenvalue weighted by atomic mass is 32.1. The normalized spacial score (nSPS) is 11.9. The number of hydrogen-bond acceptors (Lipinski definition) is 5. The van der Waals surface area contributed by atoms with Crippen molar-refractivity contribution in [1.29, 1.82) is 0 Å². The zero-order valence-electron chi connectivity index (χ0n) is 11.7. The molecular weight excluding hydrogens is 290 g/mol. The molecule has 0 aliphatic carbocycles. The molecule has 0 bridgehead atoms. The fraction of sp³-hybridized carbons (Fsp3) is 0.286. The van der Waals surface area contributed by atoms with Gasteiger partial charge in [0, 0.05) is 28.8 Å². The Kier molecular flexibility index (Phi) is 4.64. The van der Waals surface area contributed by atoms with E-state index >= 15 is 0 Å². The van der Waals surface area contributed by atoms with Gasteiger partial charge in [-0.15, -0.1) is 11.3 Å². The lowest BCUT2D eigenvalue weighted by Crippen LogP contribution is -2.28. The Morgan fingerprint density at radius 1 is 1.52 bits per heavy atom. The van der Waals surface area contributed by atoms with Crippen LogP contribution < -0.4 is 5.32 Å². The molecule has 0 radical (unpaired) electrons. The molecule has 0 fully saturated rings. The van der Waals surface area contributed by atoms with Crippen molar-refractivity contribution in [2.45, 2.75) is 26.3 Å². The maximum atomic E-state index is 12.2. The number of rotatable bonds is 5. The van der Waals surface area contributed by atoms with Crippen LogP contribution in [0.4, 0.5) is 5.69 Å². The highest BCUT2D eigenvalue weighted by Gasteiger charge is 2.18. The Bertz CT molecular complexity index is 669. The van der Waals surface area contributed by atoms with Crippen LogP contribution in [0.2, 0.25) is 0 Å². The molecule has 110 valence electrons. The molecule has 0 spiro atoms. The average molecular weight is 305 g/mol. The summed E-state index contributed by atoms with van der Waals surface area (Å²) in [5, 5.41) is 16.4. The largest absolute Gasteiger partial charge is 0.343 e. The van der Waals surface area contributed by atoms with Gasteiger partial charge in [0.2, 0.25) is 0 Å². The lowest BCUT2D eigenvalue weighted by atomic mass is 10.1. The number of hydrogen-bond donors (Lipinski definition) is 1. The number of nitro benzene ring substituents is 1. The van der Waals surface area contributed by atoms with E-state index in [1.807, 2.05) is 19.2 Å². The third-order valence-corrected chi connectivity index (χ3v) is 4.04. The Hall–Kier alpha value is -2.28. The first-order valence-corrected chi connectivity index (χ1v) is 7.36.